The number of carbonyl (C=O) groups is 1. The first kappa shape index (κ1) is 14.0. The summed E-state index contributed by atoms with van der Waals surface area (Å²) >= 11 is 7.31. The molecule has 0 fully saturated rings. The summed E-state index contributed by atoms with van der Waals surface area (Å²) in [5, 5.41) is 12.8. The number of benzene rings is 1. The number of anilines is 1. The van der Waals surface area contributed by atoms with Crippen molar-refractivity contribution < 1.29 is 9.90 Å². The Labute approximate surface area is 120 Å². The Balaban J connectivity index is 2.03. The number of carbonyl (C=O) groups excluding carboxylic acids is 1. The van der Waals surface area contributed by atoms with Gasteiger partial charge >= 0.3 is 0 Å². The van der Waals surface area contributed by atoms with Crippen molar-refractivity contribution in [3.05, 3.63) is 45.9 Å². The minimum atomic E-state index is -1.04. The molecule has 100 valence electrons. The van der Waals surface area contributed by atoms with Gasteiger partial charge in [-0.3, -0.25) is 10.1 Å². The summed E-state index contributed by atoms with van der Waals surface area (Å²) in [5.41, 5.74) is 1.09. The number of aliphatic hydroxyl groups is 1. The Bertz CT molecular complexity index is 584. The Morgan fingerprint density at radius 3 is 3.05 bits per heavy atom. The molecule has 0 saturated carbocycles. The number of rotatable bonds is 4. The summed E-state index contributed by atoms with van der Waals surface area (Å²) in [6, 6.07) is 7.61. The maximum atomic E-state index is 11.3. The van der Waals surface area contributed by atoms with E-state index in [0.29, 0.717) is 16.6 Å². The Kier molecular flexibility index (Phi) is 4.52. The molecule has 1 heterocycles. The number of halogens is 1. The predicted molar refractivity (Wildman–Crippen MR) is 76.7 cm³/mol. The SMILES string of the molecule is CC(O)C(=O)Nc1ncc(Cc2cccc(Cl)c2)s1. The lowest BCUT2D eigenvalue weighted by molar-refractivity contribution is -0.123. The van der Waals surface area contributed by atoms with Crippen molar-refractivity contribution in [1.82, 2.24) is 4.98 Å². The average molecular weight is 297 g/mol. The maximum Gasteiger partial charge on any atom is 0.254 e. The molecule has 4 nitrogen and oxygen atoms in total. The second-order valence-electron chi connectivity index (χ2n) is 4.10. The van der Waals surface area contributed by atoms with Gasteiger partial charge in [0.15, 0.2) is 5.13 Å². The van der Waals surface area contributed by atoms with E-state index in [2.05, 4.69) is 10.3 Å². The maximum absolute atomic E-state index is 11.3. The topological polar surface area (TPSA) is 62.2 Å². The molecule has 0 saturated heterocycles. The van der Waals surface area contributed by atoms with Gasteiger partial charge in [-0.15, -0.1) is 11.3 Å². The zero-order valence-electron chi connectivity index (χ0n) is 10.3. The highest BCUT2D eigenvalue weighted by molar-refractivity contribution is 7.15. The lowest BCUT2D eigenvalue weighted by Gasteiger charge is -2.02. The summed E-state index contributed by atoms with van der Waals surface area (Å²) in [5.74, 6) is -0.455. The van der Waals surface area contributed by atoms with E-state index >= 15 is 0 Å². The van der Waals surface area contributed by atoms with Crippen molar-refractivity contribution in [3.8, 4) is 0 Å². The van der Waals surface area contributed by atoms with E-state index in [-0.39, 0.29) is 0 Å². The molecule has 0 radical (unpaired) electrons. The van der Waals surface area contributed by atoms with Crippen LogP contribution in [0.3, 0.4) is 0 Å². The van der Waals surface area contributed by atoms with Crippen LogP contribution in [0, 0.1) is 0 Å². The molecule has 19 heavy (non-hydrogen) atoms. The third-order valence-corrected chi connectivity index (χ3v) is 3.58. The smallest absolute Gasteiger partial charge is 0.254 e. The third kappa shape index (κ3) is 4.02. The molecule has 1 unspecified atom stereocenters. The molecule has 0 aliphatic heterocycles. The van der Waals surface area contributed by atoms with Crippen LogP contribution in [0.15, 0.2) is 30.5 Å². The van der Waals surface area contributed by atoms with E-state index in [9.17, 15) is 4.79 Å². The first-order chi connectivity index (χ1) is 9.04. The Morgan fingerprint density at radius 2 is 2.37 bits per heavy atom. The number of aliphatic hydroxyl groups excluding tert-OH is 1. The second kappa shape index (κ2) is 6.14. The average Bonchev–Trinajstić information content (AvgIpc) is 2.76. The van der Waals surface area contributed by atoms with E-state index in [1.165, 1.54) is 18.3 Å². The fraction of sp³-hybridized carbons (Fsp3) is 0.231. The molecule has 2 aromatic rings. The van der Waals surface area contributed by atoms with Crippen LogP contribution in [-0.4, -0.2) is 22.1 Å². The Hall–Kier alpha value is -1.43. The van der Waals surface area contributed by atoms with Crippen molar-refractivity contribution in [2.24, 2.45) is 0 Å². The van der Waals surface area contributed by atoms with Gasteiger partial charge < -0.3 is 5.11 Å². The monoisotopic (exact) mass is 296 g/mol. The third-order valence-electron chi connectivity index (χ3n) is 2.43. The highest BCUT2D eigenvalue weighted by Crippen LogP contribution is 2.22. The summed E-state index contributed by atoms with van der Waals surface area (Å²) in [6.07, 6.45) is 1.38. The van der Waals surface area contributed by atoms with Crippen molar-refractivity contribution >= 4 is 34.0 Å². The van der Waals surface area contributed by atoms with Crippen molar-refractivity contribution in [1.29, 1.82) is 0 Å². The summed E-state index contributed by atoms with van der Waals surface area (Å²) in [7, 11) is 0. The summed E-state index contributed by atoms with van der Waals surface area (Å²) in [4.78, 5) is 16.4. The zero-order valence-corrected chi connectivity index (χ0v) is 11.8. The minimum Gasteiger partial charge on any atom is -0.384 e. The fourth-order valence-electron chi connectivity index (χ4n) is 1.50. The van der Waals surface area contributed by atoms with Crippen LogP contribution >= 0.6 is 22.9 Å². The van der Waals surface area contributed by atoms with Crippen molar-refractivity contribution in [3.63, 3.8) is 0 Å². The van der Waals surface area contributed by atoms with Crippen molar-refractivity contribution in [2.75, 3.05) is 5.32 Å². The number of thiazole rings is 1. The van der Waals surface area contributed by atoms with Crippen LogP contribution in [0.2, 0.25) is 5.02 Å². The van der Waals surface area contributed by atoms with Crippen LogP contribution in [0.1, 0.15) is 17.4 Å². The zero-order chi connectivity index (χ0) is 13.8. The van der Waals surface area contributed by atoms with Crippen LogP contribution < -0.4 is 5.32 Å². The summed E-state index contributed by atoms with van der Waals surface area (Å²) in [6.45, 7) is 1.41. The number of amides is 1. The quantitative estimate of drug-likeness (QED) is 0.912. The van der Waals surface area contributed by atoms with Gasteiger partial charge in [-0.05, 0) is 24.6 Å². The molecule has 2 rings (SSSR count). The van der Waals surface area contributed by atoms with Gasteiger partial charge in [-0.1, -0.05) is 23.7 Å². The summed E-state index contributed by atoms with van der Waals surface area (Å²) < 4.78 is 0. The lowest BCUT2D eigenvalue weighted by Crippen LogP contribution is -2.24. The number of hydrogen-bond donors (Lipinski definition) is 2. The van der Waals surface area contributed by atoms with Gasteiger partial charge in [-0.2, -0.15) is 0 Å². The van der Waals surface area contributed by atoms with E-state index in [0.717, 1.165) is 10.4 Å². The molecule has 0 bridgehead atoms. The lowest BCUT2D eigenvalue weighted by atomic mass is 10.1. The molecular formula is C13H13ClN2O2S. The highest BCUT2D eigenvalue weighted by atomic mass is 35.5. The van der Waals surface area contributed by atoms with Crippen LogP contribution in [0.4, 0.5) is 5.13 Å². The molecule has 6 heteroatoms. The van der Waals surface area contributed by atoms with E-state index in [4.69, 9.17) is 16.7 Å². The van der Waals surface area contributed by atoms with Gasteiger partial charge in [0.2, 0.25) is 0 Å². The molecule has 1 atom stereocenters. The fourth-order valence-corrected chi connectivity index (χ4v) is 2.57. The Morgan fingerprint density at radius 1 is 1.58 bits per heavy atom. The molecule has 0 spiro atoms. The number of hydrogen-bond acceptors (Lipinski definition) is 4. The number of nitrogens with zero attached hydrogens (tertiary/aromatic N) is 1. The molecule has 1 aromatic heterocycles. The van der Waals surface area contributed by atoms with E-state index in [1.807, 2.05) is 24.3 Å². The molecular weight excluding hydrogens is 284 g/mol. The molecule has 2 N–H and O–H groups in total. The van der Waals surface area contributed by atoms with Crippen LogP contribution in [0.5, 0.6) is 0 Å². The van der Waals surface area contributed by atoms with Gasteiger partial charge in [0, 0.05) is 22.5 Å². The standard InChI is InChI=1S/C13H13ClN2O2S/c1-8(17)12(18)16-13-15-7-11(19-13)6-9-3-2-4-10(14)5-9/h2-5,7-8,17H,6H2,1H3,(H,15,16,18). The first-order valence-corrected chi connectivity index (χ1v) is 6.92. The van der Waals surface area contributed by atoms with Crippen LogP contribution in [0.25, 0.3) is 0 Å². The largest absolute Gasteiger partial charge is 0.384 e. The molecule has 0 aliphatic carbocycles. The van der Waals surface area contributed by atoms with E-state index in [1.54, 1.807) is 6.20 Å². The van der Waals surface area contributed by atoms with Gasteiger partial charge in [-0.25, -0.2) is 4.98 Å². The highest BCUT2D eigenvalue weighted by Gasteiger charge is 2.11. The predicted octanol–water partition coefficient (Wildman–Crippen LogP) is 2.71. The first-order valence-electron chi connectivity index (χ1n) is 5.72. The minimum absolute atomic E-state index is 0.455. The van der Waals surface area contributed by atoms with Gasteiger partial charge in [0.25, 0.3) is 5.91 Å². The normalized spacial score (nSPS) is 12.2. The van der Waals surface area contributed by atoms with E-state index < -0.39 is 12.0 Å². The van der Waals surface area contributed by atoms with Crippen LogP contribution in [-0.2, 0) is 11.2 Å². The molecule has 0 aliphatic rings. The second-order valence-corrected chi connectivity index (χ2v) is 5.66. The number of aromatic nitrogens is 1. The molecule has 1 aromatic carbocycles. The van der Waals surface area contributed by atoms with Gasteiger partial charge in [0.1, 0.15) is 6.10 Å². The van der Waals surface area contributed by atoms with Crippen molar-refractivity contribution in [2.45, 2.75) is 19.4 Å². The van der Waals surface area contributed by atoms with Gasteiger partial charge in [0.05, 0.1) is 0 Å². The molecule has 1 amide bonds. The number of nitrogens with one attached hydrogen (secondary N) is 1.